The Labute approximate surface area is 167 Å². The molecule has 0 bridgehead atoms. The van der Waals surface area contributed by atoms with E-state index in [1.165, 1.54) is 12.8 Å². The largest absolute Gasteiger partial charge is 0.0776 e. The lowest BCUT2D eigenvalue weighted by atomic mass is 9.70. The summed E-state index contributed by atoms with van der Waals surface area (Å²) >= 11 is 0. The SMILES string of the molecule is C.CC.CC.CC.CC.CCCC(C)C(C)C(C)C(C)C(C)C(C)C. The molecule has 0 rings (SSSR count). The van der Waals surface area contributed by atoms with Crippen LogP contribution in [0.2, 0.25) is 0 Å². The van der Waals surface area contributed by atoms with Crippen LogP contribution in [0.4, 0.5) is 0 Å². The smallest absolute Gasteiger partial charge is 0.0386 e. The summed E-state index contributed by atoms with van der Waals surface area (Å²) in [6.07, 6.45) is 2.71. The van der Waals surface area contributed by atoms with Gasteiger partial charge in [0.1, 0.15) is 0 Å². The van der Waals surface area contributed by atoms with Crippen molar-refractivity contribution in [2.24, 2.45) is 35.5 Å². The van der Waals surface area contributed by atoms with Gasteiger partial charge in [-0.15, -0.1) is 0 Å². The van der Waals surface area contributed by atoms with Crippen LogP contribution in [0.3, 0.4) is 0 Å². The van der Waals surface area contributed by atoms with Crippen LogP contribution in [0.1, 0.15) is 131 Å². The van der Waals surface area contributed by atoms with E-state index in [0.29, 0.717) is 0 Å². The van der Waals surface area contributed by atoms with E-state index in [-0.39, 0.29) is 7.43 Å². The summed E-state index contributed by atoms with van der Waals surface area (Å²) < 4.78 is 0. The fraction of sp³-hybridized carbons (Fsp3) is 1.00. The number of hydrogen-bond donors (Lipinski definition) is 0. The second-order valence-corrected chi connectivity index (χ2v) is 6.45. The molecular weight excluding hydrogens is 300 g/mol. The predicted molar refractivity (Wildman–Crippen MR) is 128 cm³/mol. The van der Waals surface area contributed by atoms with E-state index in [1.54, 1.807) is 0 Å². The summed E-state index contributed by atoms with van der Waals surface area (Å²) in [4.78, 5) is 0. The van der Waals surface area contributed by atoms with Crippen molar-refractivity contribution >= 4 is 0 Å². The van der Waals surface area contributed by atoms with Crippen molar-refractivity contribution in [2.75, 3.05) is 0 Å². The Morgan fingerprint density at radius 2 is 0.760 bits per heavy atom. The third kappa shape index (κ3) is 22.0. The molecule has 0 heteroatoms. The van der Waals surface area contributed by atoms with E-state index < -0.39 is 0 Å². The second-order valence-electron chi connectivity index (χ2n) is 6.45. The average Bonchev–Trinajstić information content (AvgIpc) is 2.65. The van der Waals surface area contributed by atoms with Crippen molar-refractivity contribution in [3.8, 4) is 0 Å². The van der Waals surface area contributed by atoms with Crippen LogP contribution in [-0.2, 0) is 0 Å². The minimum Gasteiger partial charge on any atom is -0.0776 e. The first-order chi connectivity index (χ1) is 11.3. The molecule has 0 aliphatic carbocycles. The van der Waals surface area contributed by atoms with Gasteiger partial charge in [0.2, 0.25) is 0 Å². The van der Waals surface area contributed by atoms with E-state index in [1.807, 2.05) is 55.4 Å². The molecule has 0 spiro atoms. The van der Waals surface area contributed by atoms with Crippen molar-refractivity contribution in [3.63, 3.8) is 0 Å². The Morgan fingerprint density at radius 3 is 1.00 bits per heavy atom. The van der Waals surface area contributed by atoms with Gasteiger partial charge in [0.15, 0.2) is 0 Å². The maximum absolute atomic E-state index is 2.46. The molecule has 0 heterocycles. The van der Waals surface area contributed by atoms with Crippen molar-refractivity contribution in [2.45, 2.75) is 131 Å². The van der Waals surface area contributed by atoms with Crippen molar-refractivity contribution in [3.05, 3.63) is 0 Å². The highest BCUT2D eigenvalue weighted by molar-refractivity contribution is 4.76. The van der Waals surface area contributed by atoms with Crippen molar-refractivity contribution in [1.29, 1.82) is 0 Å². The summed E-state index contributed by atoms with van der Waals surface area (Å²) in [7, 11) is 0. The van der Waals surface area contributed by atoms with Crippen LogP contribution in [0.15, 0.2) is 0 Å². The molecule has 0 aromatic heterocycles. The average molecular weight is 363 g/mol. The topological polar surface area (TPSA) is 0 Å². The number of rotatable bonds is 7. The molecule has 0 amide bonds. The molecule has 25 heavy (non-hydrogen) atoms. The van der Waals surface area contributed by atoms with Gasteiger partial charge >= 0.3 is 0 Å². The first-order valence-electron chi connectivity index (χ1n) is 11.3. The third-order valence-corrected chi connectivity index (χ3v) is 5.18. The lowest BCUT2D eigenvalue weighted by Gasteiger charge is -2.35. The molecule has 0 saturated carbocycles. The molecule has 162 valence electrons. The van der Waals surface area contributed by atoms with Crippen LogP contribution in [0.25, 0.3) is 0 Å². The lowest BCUT2D eigenvalue weighted by Crippen LogP contribution is -2.28. The summed E-state index contributed by atoms with van der Waals surface area (Å²) in [6, 6.07) is 0. The molecule has 0 nitrogen and oxygen atoms in total. The molecule has 0 radical (unpaired) electrons. The summed E-state index contributed by atoms with van der Waals surface area (Å²) in [6.45, 7) is 35.2. The monoisotopic (exact) mass is 362 g/mol. The highest BCUT2D eigenvalue weighted by Gasteiger charge is 2.27. The molecule has 0 aliphatic rings. The van der Waals surface area contributed by atoms with Crippen LogP contribution in [-0.4, -0.2) is 0 Å². The van der Waals surface area contributed by atoms with Gasteiger partial charge in [-0.05, 0) is 35.5 Å². The van der Waals surface area contributed by atoms with E-state index >= 15 is 0 Å². The number of hydrogen-bond acceptors (Lipinski definition) is 0. The highest BCUT2D eigenvalue weighted by atomic mass is 14.3. The van der Waals surface area contributed by atoms with Gasteiger partial charge in [-0.1, -0.05) is 131 Å². The summed E-state index contributed by atoms with van der Waals surface area (Å²) in [5.74, 6) is 5.07. The minimum atomic E-state index is 0. The maximum atomic E-state index is 2.46. The normalized spacial score (nSPS) is 14.8. The van der Waals surface area contributed by atoms with E-state index in [4.69, 9.17) is 0 Å². The van der Waals surface area contributed by atoms with Crippen LogP contribution < -0.4 is 0 Å². The quantitative estimate of drug-likeness (QED) is 0.422. The zero-order chi connectivity index (χ0) is 20.9. The first kappa shape index (κ1) is 39.9. The van der Waals surface area contributed by atoms with Crippen LogP contribution in [0.5, 0.6) is 0 Å². The van der Waals surface area contributed by atoms with Crippen molar-refractivity contribution in [1.82, 2.24) is 0 Å². The molecule has 0 aromatic carbocycles. The Kier molecular flexibility index (Phi) is 50.6. The van der Waals surface area contributed by atoms with E-state index in [0.717, 1.165) is 35.5 Å². The summed E-state index contributed by atoms with van der Waals surface area (Å²) in [5, 5.41) is 0. The fourth-order valence-electron chi connectivity index (χ4n) is 2.80. The molecule has 0 N–H and O–H groups in total. The zero-order valence-corrected chi connectivity index (χ0v) is 20.9. The molecule has 0 aliphatic heterocycles. The van der Waals surface area contributed by atoms with Crippen LogP contribution in [0, 0.1) is 35.5 Å². The Balaban J connectivity index is -0.0000000874. The molecule has 0 saturated heterocycles. The zero-order valence-electron chi connectivity index (χ0n) is 20.9. The van der Waals surface area contributed by atoms with E-state index in [9.17, 15) is 0 Å². The molecule has 5 unspecified atom stereocenters. The van der Waals surface area contributed by atoms with Gasteiger partial charge in [-0.25, -0.2) is 0 Å². The van der Waals surface area contributed by atoms with Crippen molar-refractivity contribution < 1.29 is 0 Å². The van der Waals surface area contributed by atoms with Gasteiger partial charge < -0.3 is 0 Å². The molecule has 5 atom stereocenters. The Bertz CT molecular complexity index is 171. The predicted octanol–water partition coefficient (Wildman–Crippen LogP) is 10.4. The van der Waals surface area contributed by atoms with E-state index in [2.05, 4.69) is 55.4 Å². The molecule has 0 aromatic rings. The highest BCUT2D eigenvalue weighted by Crippen LogP contribution is 2.35. The molecular formula is C25H62. The standard InChI is InChI=1S/C16H34.4C2H6.CH4/c1-9-10-12(4)14(6)16(8)15(7)13(5)11(2)3;4*1-2;/h11-16H,9-10H2,1-8H3;4*1-2H3;1H4. The van der Waals surface area contributed by atoms with Gasteiger partial charge in [0, 0.05) is 0 Å². The first-order valence-corrected chi connectivity index (χ1v) is 11.3. The van der Waals surface area contributed by atoms with Gasteiger partial charge in [-0.3, -0.25) is 0 Å². The second kappa shape index (κ2) is 31.7. The lowest BCUT2D eigenvalue weighted by molar-refractivity contribution is 0.140. The summed E-state index contributed by atoms with van der Waals surface area (Å²) in [5.41, 5.74) is 0. The Morgan fingerprint density at radius 1 is 0.480 bits per heavy atom. The fourth-order valence-corrected chi connectivity index (χ4v) is 2.80. The maximum Gasteiger partial charge on any atom is -0.0386 e. The third-order valence-electron chi connectivity index (χ3n) is 5.18. The van der Waals surface area contributed by atoms with Gasteiger partial charge in [0.25, 0.3) is 0 Å². The van der Waals surface area contributed by atoms with Gasteiger partial charge in [0.05, 0.1) is 0 Å². The van der Waals surface area contributed by atoms with Gasteiger partial charge in [-0.2, -0.15) is 0 Å². The van der Waals surface area contributed by atoms with Crippen LogP contribution >= 0.6 is 0 Å². The Hall–Kier alpha value is 0. The molecule has 0 fully saturated rings. The minimum absolute atomic E-state index is 0.